The van der Waals surface area contributed by atoms with Gasteiger partial charge in [-0.15, -0.1) is 0 Å². The number of aryl methyl sites for hydroxylation is 1. The molecule has 22 heavy (non-hydrogen) atoms. The van der Waals surface area contributed by atoms with E-state index in [0.29, 0.717) is 31.6 Å². The monoisotopic (exact) mass is 309 g/mol. The molecule has 0 aliphatic heterocycles. The lowest BCUT2D eigenvalue weighted by atomic mass is 10.1. The van der Waals surface area contributed by atoms with Crippen molar-refractivity contribution in [2.75, 3.05) is 18.9 Å². The third-order valence-electron chi connectivity index (χ3n) is 3.07. The molecule has 0 saturated heterocycles. The summed E-state index contributed by atoms with van der Waals surface area (Å²) in [5.41, 5.74) is 5.67. The predicted octanol–water partition coefficient (Wildman–Crippen LogP) is -0.946. The molecule has 118 valence electrons. The molecule has 0 saturated carbocycles. The fourth-order valence-electron chi connectivity index (χ4n) is 2.02. The minimum absolute atomic E-state index is 0.00405. The second kappa shape index (κ2) is 7.20. The first-order chi connectivity index (χ1) is 10.7. The maximum atomic E-state index is 11.7. The Morgan fingerprint density at radius 1 is 1.32 bits per heavy atom. The highest BCUT2D eigenvalue weighted by Gasteiger charge is 2.14. The molecule has 2 aromatic rings. The van der Waals surface area contributed by atoms with Crippen LogP contribution in [0.3, 0.4) is 0 Å². The molecule has 0 aliphatic carbocycles. The summed E-state index contributed by atoms with van der Waals surface area (Å²) in [5.74, 6) is -0.170. The van der Waals surface area contributed by atoms with Gasteiger partial charge < -0.3 is 19.8 Å². The molecule has 2 heterocycles. The quantitative estimate of drug-likeness (QED) is 0.565. The highest BCUT2D eigenvalue weighted by atomic mass is 16.5. The van der Waals surface area contributed by atoms with Crippen LogP contribution in [-0.2, 0) is 25.6 Å². The number of hydrogen-bond acceptors (Lipinski definition) is 8. The summed E-state index contributed by atoms with van der Waals surface area (Å²) >= 11 is 0. The number of aromatic amines is 1. The highest BCUT2D eigenvalue weighted by molar-refractivity contribution is 5.70. The first-order valence-electron chi connectivity index (χ1n) is 6.46. The number of carbonyl (C=O) groups excluding carboxylic acids is 2. The summed E-state index contributed by atoms with van der Waals surface area (Å²) in [4.78, 5) is 42.6. The first kappa shape index (κ1) is 15.5. The molecular weight excluding hydrogens is 294 g/mol. The first-order valence-corrected chi connectivity index (χ1v) is 6.46. The van der Waals surface area contributed by atoms with Gasteiger partial charge in [-0.2, -0.15) is 4.98 Å². The molecule has 0 spiro atoms. The number of fused-ring (bicyclic) bond motifs is 1. The van der Waals surface area contributed by atoms with Crippen molar-refractivity contribution in [3.8, 4) is 0 Å². The topological polar surface area (TPSA) is 142 Å². The maximum absolute atomic E-state index is 11.7. The van der Waals surface area contributed by atoms with Crippen LogP contribution in [0.25, 0.3) is 11.2 Å². The molecule has 2 aromatic heterocycles. The number of H-pyrrole nitrogens is 1. The summed E-state index contributed by atoms with van der Waals surface area (Å²) < 4.78 is 11.1. The Labute approximate surface area is 124 Å². The van der Waals surface area contributed by atoms with Gasteiger partial charge >= 0.3 is 0 Å². The standard InChI is InChI=1S/C12H15N5O5/c13-12-15-10-9(11(20)16-12)14-5-17(10)2-1-8(3-21-6-18)4-22-7-19/h5-8H,1-4H2,(H3,13,15,16,20). The van der Waals surface area contributed by atoms with Crippen LogP contribution in [0.1, 0.15) is 6.42 Å². The molecule has 2 rings (SSSR count). The average Bonchev–Trinajstić information content (AvgIpc) is 2.90. The molecule has 0 atom stereocenters. The number of ether oxygens (including phenoxy) is 2. The van der Waals surface area contributed by atoms with Crippen molar-refractivity contribution < 1.29 is 19.1 Å². The van der Waals surface area contributed by atoms with Gasteiger partial charge in [0, 0.05) is 12.5 Å². The van der Waals surface area contributed by atoms with Crippen molar-refractivity contribution in [2.45, 2.75) is 13.0 Å². The van der Waals surface area contributed by atoms with Gasteiger partial charge in [-0.05, 0) is 6.42 Å². The van der Waals surface area contributed by atoms with Crippen molar-refractivity contribution in [1.82, 2.24) is 19.5 Å². The van der Waals surface area contributed by atoms with E-state index in [4.69, 9.17) is 15.2 Å². The van der Waals surface area contributed by atoms with Gasteiger partial charge in [-0.1, -0.05) is 0 Å². The van der Waals surface area contributed by atoms with Crippen molar-refractivity contribution >= 4 is 30.1 Å². The Hall–Kier alpha value is -2.91. The molecule has 0 aromatic carbocycles. The van der Waals surface area contributed by atoms with Gasteiger partial charge in [0.25, 0.3) is 18.5 Å². The third kappa shape index (κ3) is 3.59. The van der Waals surface area contributed by atoms with E-state index < -0.39 is 5.56 Å². The van der Waals surface area contributed by atoms with E-state index >= 15 is 0 Å². The van der Waals surface area contributed by atoms with Crippen LogP contribution in [0, 0.1) is 5.92 Å². The third-order valence-corrected chi connectivity index (χ3v) is 3.07. The molecule has 0 radical (unpaired) electrons. The SMILES string of the molecule is Nc1nc2c(ncn2CCC(COC=O)COC=O)c(=O)[nH]1. The highest BCUT2D eigenvalue weighted by Crippen LogP contribution is 2.11. The lowest BCUT2D eigenvalue weighted by Gasteiger charge is -2.14. The van der Waals surface area contributed by atoms with Gasteiger partial charge in [0.2, 0.25) is 5.95 Å². The summed E-state index contributed by atoms with van der Waals surface area (Å²) in [6.07, 6.45) is 2.01. The van der Waals surface area contributed by atoms with E-state index in [2.05, 4.69) is 15.0 Å². The Morgan fingerprint density at radius 3 is 2.64 bits per heavy atom. The van der Waals surface area contributed by atoms with E-state index in [0.717, 1.165) is 0 Å². The summed E-state index contributed by atoms with van der Waals surface area (Å²) in [7, 11) is 0. The number of nitrogen functional groups attached to an aromatic ring is 1. The molecule has 3 N–H and O–H groups in total. The largest absolute Gasteiger partial charge is 0.467 e. The number of carbonyl (C=O) groups is 2. The summed E-state index contributed by atoms with van der Waals surface area (Å²) in [5, 5.41) is 0. The van der Waals surface area contributed by atoms with Crippen LogP contribution in [-0.4, -0.2) is 45.7 Å². The Bertz CT molecular complexity index is 697. The molecule has 0 unspecified atom stereocenters. The Balaban J connectivity index is 2.10. The molecular formula is C12H15N5O5. The van der Waals surface area contributed by atoms with Crippen molar-refractivity contribution in [3.05, 3.63) is 16.7 Å². The zero-order valence-electron chi connectivity index (χ0n) is 11.6. The Morgan fingerprint density at radius 2 is 2.00 bits per heavy atom. The van der Waals surface area contributed by atoms with Crippen molar-refractivity contribution in [3.63, 3.8) is 0 Å². The minimum Gasteiger partial charge on any atom is -0.467 e. The van der Waals surface area contributed by atoms with E-state index in [9.17, 15) is 14.4 Å². The number of aromatic nitrogens is 4. The number of hydrogen-bond donors (Lipinski definition) is 2. The molecule has 0 amide bonds. The van der Waals surface area contributed by atoms with Gasteiger partial charge in [0.15, 0.2) is 11.2 Å². The molecule has 10 nitrogen and oxygen atoms in total. The zero-order valence-corrected chi connectivity index (χ0v) is 11.6. The normalized spacial score (nSPS) is 10.8. The van der Waals surface area contributed by atoms with Crippen LogP contribution >= 0.6 is 0 Å². The zero-order chi connectivity index (χ0) is 15.9. The van der Waals surface area contributed by atoms with Crippen molar-refractivity contribution in [1.29, 1.82) is 0 Å². The number of nitrogens with zero attached hydrogens (tertiary/aromatic N) is 3. The van der Waals surface area contributed by atoms with Crippen LogP contribution in [0.2, 0.25) is 0 Å². The van der Waals surface area contributed by atoms with E-state index in [1.54, 1.807) is 4.57 Å². The fraction of sp³-hybridized carbons (Fsp3) is 0.417. The van der Waals surface area contributed by atoms with Gasteiger partial charge in [0.1, 0.15) is 0 Å². The van der Waals surface area contributed by atoms with Gasteiger partial charge in [-0.25, -0.2) is 4.98 Å². The predicted molar refractivity (Wildman–Crippen MR) is 74.7 cm³/mol. The van der Waals surface area contributed by atoms with E-state index in [-0.39, 0.29) is 30.6 Å². The lowest BCUT2D eigenvalue weighted by Crippen LogP contribution is -2.18. The molecule has 10 heteroatoms. The van der Waals surface area contributed by atoms with Crippen LogP contribution in [0.4, 0.5) is 5.95 Å². The number of rotatable bonds is 9. The summed E-state index contributed by atoms with van der Waals surface area (Å²) in [6, 6.07) is 0. The van der Waals surface area contributed by atoms with Crippen molar-refractivity contribution in [2.24, 2.45) is 5.92 Å². The maximum Gasteiger partial charge on any atom is 0.293 e. The number of nitrogens with two attached hydrogens (primary N) is 1. The number of anilines is 1. The fourth-order valence-corrected chi connectivity index (χ4v) is 2.02. The number of nitrogens with one attached hydrogen (secondary N) is 1. The van der Waals surface area contributed by atoms with Crippen LogP contribution in [0.5, 0.6) is 0 Å². The summed E-state index contributed by atoms with van der Waals surface area (Å²) in [6.45, 7) is 1.37. The van der Waals surface area contributed by atoms with Crippen LogP contribution < -0.4 is 11.3 Å². The van der Waals surface area contributed by atoms with E-state index in [1.807, 2.05) is 0 Å². The minimum atomic E-state index is -0.411. The second-order valence-corrected chi connectivity index (χ2v) is 4.58. The molecule has 0 fully saturated rings. The second-order valence-electron chi connectivity index (χ2n) is 4.58. The molecule has 0 aliphatic rings. The average molecular weight is 309 g/mol. The van der Waals surface area contributed by atoms with Crippen LogP contribution in [0.15, 0.2) is 11.1 Å². The lowest BCUT2D eigenvalue weighted by molar-refractivity contribution is -0.133. The molecule has 0 bridgehead atoms. The van der Waals surface area contributed by atoms with E-state index in [1.165, 1.54) is 6.33 Å². The van der Waals surface area contributed by atoms with Gasteiger partial charge in [-0.3, -0.25) is 19.4 Å². The van der Waals surface area contributed by atoms with Gasteiger partial charge in [0.05, 0.1) is 19.5 Å². The Kier molecular flexibility index (Phi) is 5.07. The number of imidazole rings is 1. The smallest absolute Gasteiger partial charge is 0.293 e.